The molecule has 148 valence electrons. The average Bonchev–Trinajstić information content (AvgIpc) is 3.20. The zero-order valence-electron chi connectivity index (χ0n) is 16.0. The van der Waals surface area contributed by atoms with Gasteiger partial charge in [-0.25, -0.2) is 0 Å². The highest BCUT2D eigenvalue weighted by Gasteiger charge is 2.30. The second-order valence-electron chi connectivity index (χ2n) is 7.34. The lowest BCUT2D eigenvalue weighted by atomic mass is 9.93. The Kier molecular flexibility index (Phi) is 7.91. The minimum atomic E-state index is 0. The largest absolute Gasteiger partial charge is 0.357 e. The van der Waals surface area contributed by atoms with E-state index in [1.54, 1.807) is 0 Å². The number of guanidine groups is 1. The molecule has 3 rings (SSSR count). The molecule has 0 aliphatic carbocycles. The third kappa shape index (κ3) is 6.07. The summed E-state index contributed by atoms with van der Waals surface area (Å²) in [5, 5.41) is 8.07. The van der Waals surface area contributed by atoms with Crippen molar-refractivity contribution in [2.75, 3.05) is 26.2 Å². The summed E-state index contributed by atoms with van der Waals surface area (Å²) in [5.41, 5.74) is 1.19. The number of hydrogen-bond acceptors (Lipinski definition) is 4. The van der Waals surface area contributed by atoms with E-state index >= 15 is 0 Å². The topological polar surface area (TPSA) is 66.5 Å². The highest BCUT2D eigenvalue weighted by atomic mass is 127. The van der Waals surface area contributed by atoms with Gasteiger partial charge in [0.25, 0.3) is 0 Å². The molecule has 0 unspecified atom stereocenters. The Bertz CT molecular complexity index is 777. The Labute approximate surface area is 182 Å². The normalized spacial score (nSPS) is 16.3. The fourth-order valence-corrected chi connectivity index (χ4v) is 3.27. The Morgan fingerprint density at radius 3 is 2.89 bits per heavy atom. The minimum Gasteiger partial charge on any atom is -0.357 e. The van der Waals surface area contributed by atoms with Crippen LogP contribution in [0.25, 0.3) is 11.4 Å². The van der Waals surface area contributed by atoms with Crippen LogP contribution in [0, 0.1) is 5.41 Å². The van der Waals surface area contributed by atoms with Crippen molar-refractivity contribution in [3.05, 3.63) is 35.2 Å². The summed E-state index contributed by atoms with van der Waals surface area (Å²) < 4.78 is 5.35. The molecule has 1 aromatic heterocycles. The minimum absolute atomic E-state index is 0. The molecule has 0 spiro atoms. The first-order valence-corrected chi connectivity index (χ1v) is 9.46. The number of rotatable bonds is 5. The van der Waals surface area contributed by atoms with Crippen molar-refractivity contribution in [2.24, 2.45) is 10.4 Å². The van der Waals surface area contributed by atoms with Crippen LogP contribution in [-0.2, 0) is 6.42 Å². The molecule has 1 saturated heterocycles. The lowest BCUT2D eigenvalue weighted by Crippen LogP contribution is -2.40. The molecule has 0 bridgehead atoms. The van der Waals surface area contributed by atoms with Crippen molar-refractivity contribution in [1.29, 1.82) is 0 Å². The first-order chi connectivity index (χ1) is 12.5. The number of nitrogens with zero attached hydrogens (tertiary/aromatic N) is 4. The van der Waals surface area contributed by atoms with Gasteiger partial charge >= 0.3 is 0 Å². The molecule has 1 fully saturated rings. The van der Waals surface area contributed by atoms with Gasteiger partial charge in [-0.2, -0.15) is 4.98 Å². The number of aliphatic imine (C=N–C) groups is 1. The first kappa shape index (κ1) is 21.9. The second-order valence-corrected chi connectivity index (χ2v) is 7.78. The molecule has 8 heteroatoms. The molecule has 0 radical (unpaired) electrons. The van der Waals surface area contributed by atoms with Gasteiger partial charge in [0, 0.05) is 36.6 Å². The van der Waals surface area contributed by atoms with Crippen molar-refractivity contribution in [1.82, 2.24) is 20.4 Å². The highest BCUT2D eigenvalue weighted by Crippen LogP contribution is 2.28. The summed E-state index contributed by atoms with van der Waals surface area (Å²) >= 11 is 6.02. The molecule has 2 aromatic rings. The SMILES string of the molecule is CCNC(=NCCc1nc(-c2cccc(Cl)c2)no1)N1CCC(C)(C)C1.I. The van der Waals surface area contributed by atoms with E-state index in [1.807, 2.05) is 24.3 Å². The van der Waals surface area contributed by atoms with Gasteiger partial charge in [-0.15, -0.1) is 24.0 Å². The number of halogens is 2. The van der Waals surface area contributed by atoms with Gasteiger partial charge in [0.05, 0.1) is 6.54 Å². The third-order valence-corrected chi connectivity index (χ3v) is 4.69. The van der Waals surface area contributed by atoms with Crippen LogP contribution in [0.4, 0.5) is 0 Å². The van der Waals surface area contributed by atoms with Crippen molar-refractivity contribution in [3.63, 3.8) is 0 Å². The van der Waals surface area contributed by atoms with Crippen LogP contribution >= 0.6 is 35.6 Å². The quantitative estimate of drug-likeness (QED) is 0.375. The summed E-state index contributed by atoms with van der Waals surface area (Å²) in [6, 6.07) is 7.44. The van der Waals surface area contributed by atoms with Gasteiger partial charge in [0.2, 0.25) is 11.7 Å². The average molecular weight is 504 g/mol. The summed E-state index contributed by atoms with van der Waals surface area (Å²) in [6.07, 6.45) is 1.80. The lowest BCUT2D eigenvalue weighted by molar-refractivity contribution is 0.368. The maximum atomic E-state index is 6.02. The Balaban J connectivity index is 0.00000261. The zero-order valence-corrected chi connectivity index (χ0v) is 19.1. The summed E-state index contributed by atoms with van der Waals surface area (Å²) in [7, 11) is 0. The molecule has 6 nitrogen and oxygen atoms in total. The molecule has 0 atom stereocenters. The van der Waals surface area contributed by atoms with Gasteiger partial charge in [-0.05, 0) is 30.9 Å². The Morgan fingerprint density at radius 2 is 2.22 bits per heavy atom. The molecule has 1 aliphatic heterocycles. The van der Waals surface area contributed by atoms with Gasteiger partial charge in [0.1, 0.15) is 0 Å². The van der Waals surface area contributed by atoms with Crippen molar-refractivity contribution in [2.45, 2.75) is 33.6 Å². The first-order valence-electron chi connectivity index (χ1n) is 9.09. The van der Waals surface area contributed by atoms with Crippen molar-refractivity contribution < 1.29 is 4.52 Å². The van der Waals surface area contributed by atoms with E-state index < -0.39 is 0 Å². The smallest absolute Gasteiger partial charge is 0.228 e. The lowest BCUT2D eigenvalue weighted by Gasteiger charge is -2.23. The van der Waals surface area contributed by atoms with Crippen LogP contribution in [0.5, 0.6) is 0 Å². The predicted molar refractivity (Wildman–Crippen MR) is 120 cm³/mol. The summed E-state index contributed by atoms with van der Waals surface area (Å²) in [4.78, 5) is 11.5. The standard InChI is InChI=1S/C19H26ClN5O.HI/c1-4-21-18(25-11-9-19(2,3)13-25)22-10-8-16-23-17(24-26-16)14-6-5-7-15(20)12-14;/h5-7,12H,4,8-11,13H2,1-3H3,(H,21,22);1H. The van der Waals surface area contributed by atoms with E-state index in [1.165, 1.54) is 6.42 Å². The van der Waals surface area contributed by atoms with Gasteiger partial charge in [-0.3, -0.25) is 4.99 Å². The number of nitrogens with one attached hydrogen (secondary N) is 1. The van der Waals surface area contributed by atoms with E-state index in [-0.39, 0.29) is 24.0 Å². The fraction of sp³-hybridized carbons (Fsp3) is 0.526. The van der Waals surface area contributed by atoms with Crippen LogP contribution in [0.3, 0.4) is 0 Å². The van der Waals surface area contributed by atoms with Crippen LogP contribution in [0.1, 0.15) is 33.1 Å². The van der Waals surface area contributed by atoms with Gasteiger partial charge < -0.3 is 14.7 Å². The monoisotopic (exact) mass is 503 g/mol. The number of likely N-dealkylation sites (tertiary alicyclic amines) is 1. The van der Waals surface area contributed by atoms with E-state index in [2.05, 4.69) is 41.1 Å². The molecule has 0 saturated carbocycles. The zero-order chi connectivity index (χ0) is 18.6. The molecule has 27 heavy (non-hydrogen) atoms. The Morgan fingerprint density at radius 1 is 1.41 bits per heavy atom. The highest BCUT2D eigenvalue weighted by molar-refractivity contribution is 14.0. The fourth-order valence-electron chi connectivity index (χ4n) is 3.08. The third-order valence-electron chi connectivity index (χ3n) is 4.45. The maximum absolute atomic E-state index is 6.02. The van der Waals surface area contributed by atoms with E-state index in [0.29, 0.717) is 35.1 Å². The van der Waals surface area contributed by atoms with Gasteiger partial charge in [0.15, 0.2) is 5.96 Å². The molecule has 1 aliphatic rings. The van der Waals surface area contributed by atoms with Crippen LogP contribution in [0.2, 0.25) is 5.02 Å². The maximum Gasteiger partial charge on any atom is 0.228 e. The molecular weight excluding hydrogens is 477 g/mol. The summed E-state index contributed by atoms with van der Waals surface area (Å²) in [6.45, 7) is 10.2. The molecule has 0 amide bonds. The summed E-state index contributed by atoms with van der Waals surface area (Å²) in [5.74, 6) is 2.11. The van der Waals surface area contributed by atoms with E-state index in [0.717, 1.165) is 31.2 Å². The number of aromatic nitrogens is 2. The van der Waals surface area contributed by atoms with Gasteiger partial charge in [-0.1, -0.05) is 42.7 Å². The molecule has 2 heterocycles. The van der Waals surface area contributed by atoms with Crippen LogP contribution < -0.4 is 5.32 Å². The van der Waals surface area contributed by atoms with Crippen LogP contribution in [0.15, 0.2) is 33.8 Å². The molecule has 1 N–H and O–H groups in total. The van der Waals surface area contributed by atoms with E-state index in [4.69, 9.17) is 21.1 Å². The predicted octanol–water partition coefficient (Wildman–Crippen LogP) is 4.25. The molecular formula is C19H27ClIN5O. The number of benzene rings is 1. The Hall–Kier alpha value is -1.35. The van der Waals surface area contributed by atoms with Crippen LogP contribution in [-0.4, -0.2) is 47.2 Å². The van der Waals surface area contributed by atoms with Crippen molar-refractivity contribution in [3.8, 4) is 11.4 Å². The van der Waals surface area contributed by atoms with Crippen molar-refractivity contribution >= 4 is 41.5 Å². The molecule has 1 aromatic carbocycles. The second kappa shape index (κ2) is 9.73. The number of hydrogen-bond donors (Lipinski definition) is 1. The van der Waals surface area contributed by atoms with E-state index in [9.17, 15) is 0 Å².